The summed E-state index contributed by atoms with van der Waals surface area (Å²) in [5.74, 6) is 2.90. The van der Waals surface area contributed by atoms with Gasteiger partial charge in [0.1, 0.15) is 5.82 Å². The van der Waals surface area contributed by atoms with Crippen LogP contribution in [-0.4, -0.2) is 53.6 Å². The van der Waals surface area contributed by atoms with E-state index >= 15 is 0 Å². The molecular formula is C22H34N4O2. The van der Waals surface area contributed by atoms with Gasteiger partial charge in [0.05, 0.1) is 6.04 Å². The molecule has 6 nitrogen and oxygen atoms in total. The van der Waals surface area contributed by atoms with E-state index in [1.54, 1.807) is 0 Å². The van der Waals surface area contributed by atoms with E-state index in [9.17, 15) is 4.79 Å². The van der Waals surface area contributed by atoms with Crippen molar-refractivity contribution >= 4 is 11.7 Å². The average molecular weight is 387 g/mol. The summed E-state index contributed by atoms with van der Waals surface area (Å²) in [7, 11) is 0. The minimum absolute atomic E-state index is 0.0389. The first-order valence-electron chi connectivity index (χ1n) is 11.2. The van der Waals surface area contributed by atoms with Crippen LogP contribution in [-0.2, 0) is 16.0 Å². The van der Waals surface area contributed by atoms with Crippen molar-refractivity contribution in [1.82, 2.24) is 14.9 Å². The van der Waals surface area contributed by atoms with Gasteiger partial charge in [-0.1, -0.05) is 6.92 Å². The smallest absolute Gasteiger partial charge is 0.222 e. The molecule has 3 aliphatic heterocycles. The number of hydrogen-bond acceptors (Lipinski definition) is 5. The minimum atomic E-state index is 0.0389. The van der Waals surface area contributed by atoms with E-state index in [0.29, 0.717) is 12.3 Å². The molecule has 0 spiro atoms. The van der Waals surface area contributed by atoms with E-state index < -0.39 is 0 Å². The lowest BCUT2D eigenvalue weighted by Gasteiger charge is -2.37. The maximum absolute atomic E-state index is 12.5. The van der Waals surface area contributed by atoms with E-state index in [-0.39, 0.29) is 11.9 Å². The molecule has 2 saturated heterocycles. The summed E-state index contributed by atoms with van der Waals surface area (Å²) < 4.78 is 5.54. The molecule has 0 bridgehead atoms. The highest BCUT2D eigenvalue weighted by Crippen LogP contribution is 2.34. The van der Waals surface area contributed by atoms with Crippen molar-refractivity contribution in [1.29, 1.82) is 0 Å². The molecule has 0 N–H and O–H groups in total. The molecule has 28 heavy (non-hydrogen) atoms. The second-order valence-electron chi connectivity index (χ2n) is 8.53. The summed E-state index contributed by atoms with van der Waals surface area (Å²) in [6, 6.07) is 0.0389. The molecule has 2 fully saturated rings. The first-order chi connectivity index (χ1) is 13.7. The highest BCUT2D eigenvalue weighted by molar-refractivity contribution is 5.76. The number of likely N-dealkylation sites (tertiary alicyclic amines) is 1. The van der Waals surface area contributed by atoms with Crippen LogP contribution in [0.5, 0.6) is 0 Å². The molecule has 1 aromatic rings. The Morgan fingerprint density at radius 3 is 2.71 bits per heavy atom. The summed E-state index contributed by atoms with van der Waals surface area (Å²) in [6.07, 6.45) is 8.28. The standard InChI is InChI=1S/C22H34N4O2/c1-3-20(27)26-12-5-4-8-19(26)21-23-16(2)18-7-6-11-25(22(18)24-21)15-17-9-13-28-14-10-17/h17,19H,3-15H2,1-2H3. The summed E-state index contributed by atoms with van der Waals surface area (Å²) in [5, 5.41) is 0. The van der Waals surface area contributed by atoms with Gasteiger partial charge < -0.3 is 14.5 Å². The van der Waals surface area contributed by atoms with Crippen LogP contribution in [0.25, 0.3) is 0 Å². The van der Waals surface area contributed by atoms with Crippen LogP contribution in [0.1, 0.15) is 75.0 Å². The third-order valence-electron chi connectivity index (χ3n) is 6.61. The van der Waals surface area contributed by atoms with Crippen molar-refractivity contribution in [3.8, 4) is 0 Å². The van der Waals surface area contributed by atoms with Gasteiger partial charge in [-0.25, -0.2) is 9.97 Å². The number of amides is 1. The van der Waals surface area contributed by atoms with Gasteiger partial charge in [0.15, 0.2) is 5.82 Å². The molecule has 1 unspecified atom stereocenters. The Morgan fingerprint density at radius 2 is 1.93 bits per heavy atom. The van der Waals surface area contributed by atoms with Crippen molar-refractivity contribution in [2.75, 3.05) is 37.7 Å². The number of carbonyl (C=O) groups excluding carboxylic acids is 1. The van der Waals surface area contributed by atoms with Crippen molar-refractivity contribution in [3.63, 3.8) is 0 Å². The van der Waals surface area contributed by atoms with Crippen LogP contribution in [0.2, 0.25) is 0 Å². The molecule has 1 atom stereocenters. The zero-order valence-corrected chi connectivity index (χ0v) is 17.5. The molecule has 6 heteroatoms. The molecule has 1 aromatic heterocycles. The molecule has 0 aliphatic carbocycles. The summed E-state index contributed by atoms with van der Waals surface area (Å²) in [6.45, 7) is 8.81. The normalized spacial score (nSPS) is 23.6. The van der Waals surface area contributed by atoms with Crippen molar-refractivity contribution < 1.29 is 9.53 Å². The molecule has 154 valence electrons. The fourth-order valence-corrected chi connectivity index (χ4v) is 4.98. The molecule has 0 saturated carbocycles. The second-order valence-corrected chi connectivity index (χ2v) is 8.53. The van der Waals surface area contributed by atoms with E-state index in [0.717, 1.165) is 88.7 Å². The van der Waals surface area contributed by atoms with E-state index in [1.807, 2.05) is 11.8 Å². The van der Waals surface area contributed by atoms with E-state index in [1.165, 1.54) is 12.0 Å². The van der Waals surface area contributed by atoms with Crippen LogP contribution < -0.4 is 4.90 Å². The Balaban J connectivity index is 1.62. The lowest BCUT2D eigenvalue weighted by Crippen LogP contribution is -2.40. The third-order valence-corrected chi connectivity index (χ3v) is 6.61. The highest BCUT2D eigenvalue weighted by Gasteiger charge is 2.32. The summed E-state index contributed by atoms with van der Waals surface area (Å²) >= 11 is 0. The van der Waals surface area contributed by atoms with Gasteiger partial charge in [-0.05, 0) is 57.8 Å². The SMILES string of the molecule is CCC(=O)N1CCCCC1c1nc(C)c2c(n1)N(CC1CCOCC1)CCC2. The van der Waals surface area contributed by atoms with Crippen molar-refractivity contribution in [3.05, 3.63) is 17.1 Å². The van der Waals surface area contributed by atoms with E-state index in [4.69, 9.17) is 14.7 Å². The van der Waals surface area contributed by atoms with Gasteiger partial charge in [-0.2, -0.15) is 0 Å². The number of nitrogens with zero attached hydrogens (tertiary/aromatic N) is 4. The van der Waals surface area contributed by atoms with Crippen LogP contribution in [0.4, 0.5) is 5.82 Å². The number of anilines is 1. The summed E-state index contributed by atoms with van der Waals surface area (Å²) in [4.78, 5) is 27.0. The molecule has 0 aromatic carbocycles. The van der Waals surface area contributed by atoms with Gasteiger partial charge in [-0.3, -0.25) is 4.79 Å². The Morgan fingerprint density at radius 1 is 1.11 bits per heavy atom. The molecule has 1 amide bonds. The average Bonchev–Trinajstić information content (AvgIpc) is 2.74. The zero-order valence-electron chi connectivity index (χ0n) is 17.5. The minimum Gasteiger partial charge on any atom is -0.381 e. The Labute approximate surface area is 168 Å². The van der Waals surface area contributed by atoms with Crippen LogP contribution in [0.3, 0.4) is 0 Å². The number of fused-ring (bicyclic) bond motifs is 1. The first kappa shape index (κ1) is 19.6. The van der Waals surface area contributed by atoms with Crippen LogP contribution in [0, 0.1) is 12.8 Å². The van der Waals surface area contributed by atoms with Crippen LogP contribution in [0.15, 0.2) is 0 Å². The molecule has 4 rings (SSSR count). The van der Waals surface area contributed by atoms with Gasteiger partial charge >= 0.3 is 0 Å². The van der Waals surface area contributed by atoms with Crippen LogP contribution >= 0.6 is 0 Å². The van der Waals surface area contributed by atoms with Crippen molar-refractivity contribution in [2.45, 2.75) is 71.3 Å². The molecule has 0 radical (unpaired) electrons. The number of piperidine rings is 1. The monoisotopic (exact) mass is 386 g/mol. The quantitative estimate of drug-likeness (QED) is 0.793. The third kappa shape index (κ3) is 4.02. The molecule has 4 heterocycles. The second kappa shape index (κ2) is 8.76. The number of rotatable bonds is 4. The largest absolute Gasteiger partial charge is 0.381 e. The topological polar surface area (TPSA) is 58.6 Å². The molecular weight excluding hydrogens is 352 g/mol. The number of aromatic nitrogens is 2. The number of hydrogen-bond donors (Lipinski definition) is 0. The van der Waals surface area contributed by atoms with Gasteiger partial charge in [0, 0.05) is 50.5 Å². The number of ether oxygens (including phenoxy) is 1. The molecule has 3 aliphatic rings. The van der Waals surface area contributed by atoms with Crippen molar-refractivity contribution in [2.24, 2.45) is 5.92 Å². The zero-order chi connectivity index (χ0) is 19.5. The number of aryl methyl sites for hydroxylation is 1. The fourth-order valence-electron chi connectivity index (χ4n) is 4.98. The first-order valence-corrected chi connectivity index (χ1v) is 11.2. The number of carbonyl (C=O) groups is 1. The maximum atomic E-state index is 12.5. The highest BCUT2D eigenvalue weighted by atomic mass is 16.5. The van der Waals surface area contributed by atoms with Gasteiger partial charge in [-0.15, -0.1) is 0 Å². The predicted octanol–water partition coefficient (Wildman–Crippen LogP) is 3.43. The Kier molecular flexibility index (Phi) is 6.14. The predicted molar refractivity (Wildman–Crippen MR) is 109 cm³/mol. The summed E-state index contributed by atoms with van der Waals surface area (Å²) in [5.41, 5.74) is 2.41. The lowest BCUT2D eigenvalue weighted by atomic mass is 9.96. The maximum Gasteiger partial charge on any atom is 0.222 e. The van der Waals surface area contributed by atoms with Gasteiger partial charge in [0.25, 0.3) is 0 Å². The fraction of sp³-hybridized carbons (Fsp3) is 0.773. The van der Waals surface area contributed by atoms with E-state index in [2.05, 4.69) is 11.8 Å². The lowest BCUT2D eigenvalue weighted by molar-refractivity contribution is -0.134. The van der Waals surface area contributed by atoms with Gasteiger partial charge in [0.2, 0.25) is 5.91 Å². The Hall–Kier alpha value is -1.69. The Bertz CT molecular complexity index is 702.